The highest BCUT2D eigenvalue weighted by molar-refractivity contribution is 14.1. The maximum Gasteiger partial charge on any atom is 0.136 e. The van der Waals surface area contributed by atoms with E-state index in [0.29, 0.717) is 9.49 Å². The van der Waals surface area contributed by atoms with Gasteiger partial charge in [0.2, 0.25) is 0 Å². The molecule has 0 bridgehead atoms. The summed E-state index contributed by atoms with van der Waals surface area (Å²) >= 11 is 2.02. The zero-order valence-corrected chi connectivity index (χ0v) is 9.43. The summed E-state index contributed by atoms with van der Waals surface area (Å²) in [5.41, 5.74) is 1.22. The van der Waals surface area contributed by atoms with Gasteiger partial charge in [-0.25, -0.2) is 4.39 Å². The molecule has 0 N–H and O–H groups in total. The molecule has 0 aliphatic heterocycles. The highest BCUT2D eigenvalue weighted by atomic mass is 127. The van der Waals surface area contributed by atoms with E-state index in [9.17, 15) is 4.39 Å². The zero-order chi connectivity index (χ0) is 9.14. The van der Waals surface area contributed by atoms with Crippen LogP contribution in [0.5, 0.6) is 0 Å². The molecule has 1 aromatic rings. The average Bonchev–Trinajstić information content (AvgIpc) is 1.96. The van der Waals surface area contributed by atoms with Crippen molar-refractivity contribution >= 4 is 22.6 Å². The minimum Gasteiger partial charge on any atom is -0.206 e. The van der Waals surface area contributed by atoms with Crippen molar-refractivity contribution in [3.8, 4) is 0 Å². The van der Waals surface area contributed by atoms with Crippen LogP contribution in [-0.2, 0) is 6.42 Å². The van der Waals surface area contributed by atoms with Crippen LogP contribution in [-0.4, -0.2) is 0 Å². The lowest BCUT2D eigenvalue weighted by Gasteiger charge is -2.05. The summed E-state index contributed by atoms with van der Waals surface area (Å²) in [6.07, 6.45) is 1.02. The molecular weight excluding hydrogens is 266 g/mol. The molecule has 0 saturated heterocycles. The predicted octanol–water partition coefficient (Wildman–Crippen LogP) is 3.63. The SMILES string of the molecule is CC(C)Cc1ccc(F)c(I)c1. The minimum atomic E-state index is -0.122. The highest BCUT2D eigenvalue weighted by Crippen LogP contribution is 2.15. The number of hydrogen-bond acceptors (Lipinski definition) is 0. The van der Waals surface area contributed by atoms with Gasteiger partial charge in [-0.15, -0.1) is 0 Å². The Morgan fingerprint density at radius 2 is 2.08 bits per heavy atom. The van der Waals surface area contributed by atoms with Crippen molar-refractivity contribution in [1.29, 1.82) is 0 Å². The minimum absolute atomic E-state index is 0.122. The first-order valence-electron chi connectivity index (χ1n) is 4.03. The molecule has 0 fully saturated rings. The van der Waals surface area contributed by atoms with Crippen molar-refractivity contribution in [2.24, 2.45) is 5.92 Å². The van der Waals surface area contributed by atoms with E-state index in [0.717, 1.165) is 6.42 Å². The summed E-state index contributed by atoms with van der Waals surface area (Å²) in [5.74, 6) is 0.509. The number of rotatable bonds is 2. The lowest BCUT2D eigenvalue weighted by atomic mass is 10.0. The molecule has 1 rings (SSSR count). The van der Waals surface area contributed by atoms with Crippen LogP contribution >= 0.6 is 22.6 Å². The molecule has 12 heavy (non-hydrogen) atoms. The Hall–Kier alpha value is -0.120. The maximum atomic E-state index is 12.8. The number of halogens is 2. The Balaban J connectivity index is 2.82. The summed E-state index contributed by atoms with van der Waals surface area (Å²) in [6, 6.07) is 5.31. The molecular formula is C10H12FI. The van der Waals surface area contributed by atoms with Gasteiger partial charge in [-0.2, -0.15) is 0 Å². The van der Waals surface area contributed by atoms with Crippen LogP contribution < -0.4 is 0 Å². The molecule has 0 spiro atoms. The molecule has 0 nitrogen and oxygen atoms in total. The molecule has 0 unspecified atom stereocenters. The van der Waals surface area contributed by atoms with Crippen LogP contribution in [0.1, 0.15) is 19.4 Å². The predicted molar refractivity (Wildman–Crippen MR) is 57.7 cm³/mol. The topological polar surface area (TPSA) is 0 Å². The second kappa shape index (κ2) is 4.21. The van der Waals surface area contributed by atoms with Crippen LogP contribution in [0.3, 0.4) is 0 Å². The third-order valence-corrected chi connectivity index (χ3v) is 2.45. The summed E-state index contributed by atoms with van der Waals surface area (Å²) in [5, 5.41) is 0. The molecule has 0 aliphatic rings. The molecule has 66 valence electrons. The Bertz CT molecular complexity index is 269. The fraction of sp³-hybridized carbons (Fsp3) is 0.400. The Morgan fingerprint density at radius 1 is 1.42 bits per heavy atom. The fourth-order valence-electron chi connectivity index (χ4n) is 1.14. The first-order chi connectivity index (χ1) is 5.59. The van der Waals surface area contributed by atoms with E-state index < -0.39 is 0 Å². The van der Waals surface area contributed by atoms with Gasteiger partial charge in [-0.05, 0) is 52.6 Å². The third-order valence-electron chi connectivity index (χ3n) is 1.63. The normalized spacial score (nSPS) is 10.8. The largest absolute Gasteiger partial charge is 0.206 e. The van der Waals surface area contributed by atoms with Gasteiger partial charge in [-0.3, -0.25) is 0 Å². The van der Waals surface area contributed by atoms with Gasteiger partial charge in [-0.1, -0.05) is 19.9 Å². The van der Waals surface area contributed by atoms with E-state index in [4.69, 9.17) is 0 Å². The van der Waals surface area contributed by atoms with Gasteiger partial charge >= 0.3 is 0 Å². The van der Waals surface area contributed by atoms with E-state index in [-0.39, 0.29) is 5.82 Å². The van der Waals surface area contributed by atoms with E-state index >= 15 is 0 Å². The van der Waals surface area contributed by atoms with Crippen molar-refractivity contribution in [3.63, 3.8) is 0 Å². The van der Waals surface area contributed by atoms with Crippen LogP contribution in [0.4, 0.5) is 4.39 Å². The van der Waals surface area contributed by atoms with Crippen molar-refractivity contribution in [1.82, 2.24) is 0 Å². The number of hydrogen-bond donors (Lipinski definition) is 0. The summed E-state index contributed by atoms with van der Waals surface area (Å²) in [7, 11) is 0. The van der Waals surface area contributed by atoms with Crippen molar-refractivity contribution in [3.05, 3.63) is 33.1 Å². The molecule has 0 radical (unpaired) electrons. The van der Waals surface area contributed by atoms with Crippen molar-refractivity contribution < 1.29 is 4.39 Å². The first kappa shape index (κ1) is 9.96. The highest BCUT2D eigenvalue weighted by Gasteiger charge is 2.01. The molecule has 0 aliphatic carbocycles. The van der Waals surface area contributed by atoms with Crippen molar-refractivity contribution in [2.75, 3.05) is 0 Å². The van der Waals surface area contributed by atoms with Crippen LogP contribution in [0.15, 0.2) is 18.2 Å². The molecule has 1 aromatic carbocycles. The molecule has 0 atom stereocenters. The summed E-state index contributed by atoms with van der Waals surface area (Å²) in [6.45, 7) is 4.33. The second-order valence-electron chi connectivity index (χ2n) is 3.35. The van der Waals surface area contributed by atoms with Crippen LogP contribution in [0.2, 0.25) is 0 Å². The molecule has 0 amide bonds. The van der Waals surface area contributed by atoms with Gasteiger partial charge in [0.1, 0.15) is 5.82 Å². The zero-order valence-electron chi connectivity index (χ0n) is 7.27. The molecule has 0 saturated carbocycles. The molecule has 0 heterocycles. The van der Waals surface area contributed by atoms with Gasteiger partial charge < -0.3 is 0 Å². The van der Waals surface area contributed by atoms with Crippen molar-refractivity contribution in [2.45, 2.75) is 20.3 Å². The average molecular weight is 278 g/mol. The van der Waals surface area contributed by atoms with Gasteiger partial charge in [0.15, 0.2) is 0 Å². The Labute approximate surface area is 86.3 Å². The van der Waals surface area contributed by atoms with E-state index in [1.165, 1.54) is 5.56 Å². The van der Waals surface area contributed by atoms with Crippen LogP contribution in [0, 0.1) is 15.3 Å². The lowest BCUT2D eigenvalue weighted by molar-refractivity contribution is 0.613. The Kier molecular flexibility index (Phi) is 3.50. The smallest absolute Gasteiger partial charge is 0.136 e. The Morgan fingerprint density at radius 3 is 2.58 bits per heavy atom. The quantitative estimate of drug-likeness (QED) is 0.725. The standard InChI is InChI=1S/C10H12FI/c1-7(2)5-8-3-4-9(11)10(12)6-8/h3-4,6-7H,5H2,1-2H3. The fourth-order valence-corrected chi connectivity index (χ4v) is 1.72. The second-order valence-corrected chi connectivity index (χ2v) is 4.51. The summed E-state index contributed by atoms with van der Waals surface area (Å²) < 4.78 is 13.5. The van der Waals surface area contributed by atoms with Gasteiger partial charge in [0.05, 0.1) is 0 Å². The molecule has 2 heteroatoms. The van der Waals surface area contributed by atoms with Gasteiger partial charge in [0.25, 0.3) is 0 Å². The van der Waals surface area contributed by atoms with Crippen LogP contribution in [0.25, 0.3) is 0 Å². The first-order valence-corrected chi connectivity index (χ1v) is 5.11. The third kappa shape index (κ3) is 2.73. The van der Waals surface area contributed by atoms with Gasteiger partial charge in [0, 0.05) is 3.57 Å². The lowest BCUT2D eigenvalue weighted by Crippen LogP contribution is -1.95. The summed E-state index contributed by atoms with van der Waals surface area (Å²) in [4.78, 5) is 0. The van der Waals surface area contributed by atoms with E-state index in [2.05, 4.69) is 13.8 Å². The molecule has 0 aromatic heterocycles. The maximum absolute atomic E-state index is 12.8. The number of benzene rings is 1. The van der Waals surface area contributed by atoms with E-state index in [1.54, 1.807) is 6.07 Å². The monoisotopic (exact) mass is 278 g/mol. The van der Waals surface area contributed by atoms with E-state index in [1.807, 2.05) is 34.7 Å².